The van der Waals surface area contributed by atoms with Crippen LogP contribution in [0.4, 0.5) is 22.7 Å². The smallest absolute Gasteiger partial charge is 0.270 e. The van der Waals surface area contributed by atoms with Crippen LogP contribution in [0.15, 0.2) is 60.3 Å². The van der Waals surface area contributed by atoms with Crippen molar-refractivity contribution < 1.29 is 32.2 Å². The van der Waals surface area contributed by atoms with Crippen LogP contribution < -0.4 is 4.90 Å². The fourth-order valence-corrected chi connectivity index (χ4v) is 9.80. The second-order valence-corrected chi connectivity index (χ2v) is 16.4. The highest BCUT2D eigenvalue weighted by atomic mass is 32.2. The Morgan fingerprint density at radius 1 is 0.958 bits per heavy atom. The number of benzene rings is 2. The average molecular weight is 679 g/mol. The number of nitro benzene ring substituents is 2. The Balaban J connectivity index is 0.000000250. The van der Waals surface area contributed by atoms with Gasteiger partial charge in [0.25, 0.3) is 11.4 Å². The van der Waals surface area contributed by atoms with E-state index in [1.54, 1.807) is 24.3 Å². The van der Waals surface area contributed by atoms with Gasteiger partial charge in [0.15, 0.2) is 5.71 Å². The second-order valence-electron chi connectivity index (χ2n) is 15.0. The molecule has 0 saturated heterocycles. The number of ketones is 1. The molecular weight excluding hydrogens is 636 g/mol. The monoisotopic (exact) mass is 678 g/mol. The van der Waals surface area contributed by atoms with Gasteiger partial charge >= 0.3 is 0 Å². The predicted octanol–water partition coefficient (Wildman–Crippen LogP) is 6.30. The summed E-state index contributed by atoms with van der Waals surface area (Å²) in [5.41, 5.74) is 3.97. The zero-order valence-corrected chi connectivity index (χ0v) is 29.4. The van der Waals surface area contributed by atoms with Gasteiger partial charge in [-0.1, -0.05) is 33.8 Å². The molecule has 13 heteroatoms. The zero-order valence-electron chi connectivity index (χ0n) is 28.6. The molecule has 0 unspecified atom stereocenters. The Morgan fingerprint density at radius 2 is 1.54 bits per heavy atom. The number of hydrogen-bond donors (Lipinski definition) is 0. The first-order chi connectivity index (χ1) is 22.1. The first-order valence-corrected chi connectivity index (χ1v) is 17.4. The largest absolute Gasteiger partial charge is 0.748 e. The van der Waals surface area contributed by atoms with Crippen molar-refractivity contribution in [2.75, 3.05) is 24.7 Å². The summed E-state index contributed by atoms with van der Waals surface area (Å²) in [6.45, 7) is 12.1. The molecule has 2 aliphatic carbocycles. The third-order valence-corrected chi connectivity index (χ3v) is 12.4. The fourth-order valence-electron chi connectivity index (χ4n) is 8.52. The highest BCUT2D eigenvalue weighted by Gasteiger charge is 2.64. The number of hydrogen-bond acceptors (Lipinski definition) is 9. The van der Waals surface area contributed by atoms with E-state index in [2.05, 4.69) is 37.2 Å². The molecular formula is C35H42N4O8S. The van der Waals surface area contributed by atoms with Crippen LogP contribution in [0.25, 0.3) is 0 Å². The van der Waals surface area contributed by atoms with Crippen molar-refractivity contribution in [3.63, 3.8) is 0 Å². The molecule has 2 bridgehead atoms. The Kier molecular flexibility index (Phi) is 8.36. The van der Waals surface area contributed by atoms with E-state index in [4.69, 9.17) is 0 Å². The minimum absolute atomic E-state index is 0.0248. The van der Waals surface area contributed by atoms with Crippen molar-refractivity contribution in [2.45, 2.75) is 71.6 Å². The molecule has 2 saturated carbocycles. The van der Waals surface area contributed by atoms with Crippen LogP contribution in [-0.2, 0) is 25.7 Å². The average Bonchev–Trinajstić information content (AvgIpc) is 3.49. The Hall–Kier alpha value is -4.23. The number of non-ortho nitro benzene ring substituents is 2. The van der Waals surface area contributed by atoms with Crippen molar-refractivity contribution in [1.29, 1.82) is 0 Å². The molecule has 0 N–H and O–H groups in total. The summed E-state index contributed by atoms with van der Waals surface area (Å²) in [6, 6.07) is 9.97. The number of fused-ring (bicyclic) bond motifs is 4. The van der Waals surface area contributed by atoms with E-state index < -0.39 is 32.1 Å². The lowest BCUT2D eigenvalue weighted by Gasteiger charge is -2.37. The van der Waals surface area contributed by atoms with E-state index in [0.29, 0.717) is 12.8 Å². The lowest BCUT2D eigenvalue weighted by atomic mass is 9.70. The first kappa shape index (κ1) is 35.1. The summed E-state index contributed by atoms with van der Waals surface area (Å²) in [4.78, 5) is 35.7. The number of anilines is 1. The summed E-state index contributed by atoms with van der Waals surface area (Å²) in [7, 11) is -0.396. The number of nitro groups is 2. The molecule has 6 rings (SSSR count). The Morgan fingerprint density at radius 3 is 2.06 bits per heavy atom. The third-order valence-electron chi connectivity index (χ3n) is 11.5. The number of likely N-dealkylation sites (N-methyl/N-ethyl adjacent to an activating group) is 1. The number of Topliss-reactive ketones (excluding diaryl/α,β-unsaturated/α-hetero) is 1. The number of nitrogens with zero attached hydrogens (tertiary/aromatic N) is 4. The SMILES string of the molecule is CC1(C)[C@@H]2CC[C@@]1(CS(=O)(=O)[O-])C(=O)C2.CN1/C(=C/C=C/C2=[N+](C)c3ccc([N+](=O)[O-])cc3C2(C)C)C(C)(C)c2cc([N+](=O)[O-])ccc21. The van der Waals surface area contributed by atoms with E-state index in [-0.39, 0.29) is 38.3 Å². The number of rotatable bonds is 6. The highest BCUT2D eigenvalue weighted by Crippen LogP contribution is 2.64. The maximum atomic E-state index is 11.8. The van der Waals surface area contributed by atoms with Crippen LogP contribution in [0.1, 0.15) is 71.9 Å². The van der Waals surface area contributed by atoms with Crippen LogP contribution in [-0.4, -0.2) is 58.7 Å². The molecule has 2 atom stereocenters. The van der Waals surface area contributed by atoms with E-state index in [1.807, 2.05) is 46.2 Å². The molecule has 0 radical (unpaired) electrons. The van der Waals surface area contributed by atoms with Gasteiger partial charge < -0.3 is 9.45 Å². The third kappa shape index (κ3) is 5.46. The van der Waals surface area contributed by atoms with Crippen LogP contribution in [0, 0.1) is 37.0 Å². The van der Waals surface area contributed by atoms with E-state index in [0.717, 1.165) is 40.3 Å². The molecule has 48 heavy (non-hydrogen) atoms. The lowest BCUT2D eigenvalue weighted by Crippen LogP contribution is -2.42. The van der Waals surface area contributed by atoms with Crippen LogP contribution in [0.5, 0.6) is 0 Å². The molecule has 12 nitrogen and oxygen atoms in total. The topological polar surface area (TPSA) is 167 Å². The van der Waals surface area contributed by atoms with Crippen molar-refractivity contribution in [3.8, 4) is 0 Å². The van der Waals surface area contributed by atoms with Gasteiger partial charge in [0.2, 0.25) is 5.69 Å². The molecule has 2 aromatic carbocycles. The van der Waals surface area contributed by atoms with E-state index in [1.165, 1.54) is 12.1 Å². The molecule has 256 valence electrons. The summed E-state index contributed by atoms with van der Waals surface area (Å²) < 4.78 is 34.8. The van der Waals surface area contributed by atoms with Crippen LogP contribution in [0.2, 0.25) is 0 Å². The van der Waals surface area contributed by atoms with Gasteiger partial charge in [-0.15, -0.1) is 0 Å². The summed E-state index contributed by atoms with van der Waals surface area (Å²) in [5, 5.41) is 22.5. The zero-order chi connectivity index (χ0) is 35.8. The number of carbonyl (C=O) groups is 1. The standard InChI is InChI=1S/C25H27N4O4.C10H16O4S/c1-24(2)18-14-16(28(30)31)10-12-20(18)26(5)22(24)8-7-9-23-25(3,4)19-15-17(29(32)33)11-13-21(19)27(23)6;1-9(2)7-3-4-10(9,8(11)5-7)6-15(12,13)14/h7-15H,1-6H3;7H,3-6H2,1-2H3,(H,12,13,14)/q+1;/p-1/t;7-,10-/m.1/s1. The van der Waals surface area contributed by atoms with Gasteiger partial charge in [0.1, 0.15) is 12.8 Å². The van der Waals surface area contributed by atoms with Crippen LogP contribution >= 0.6 is 0 Å². The quantitative estimate of drug-likeness (QED) is 0.147. The van der Waals surface area contributed by atoms with E-state index in [9.17, 15) is 38.0 Å². The molecule has 2 fully saturated rings. The van der Waals surface area contributed by atoms with Gasteiger partial charge in [-0.2, -0.15) is 4.58 Å². The van der Waals surface area contributed by atoms with Gasteiger partial charge in [0.05, 0.1) is 31.1 Å². The Labute approximate surface area is 280 Å². The van der Waals surface area contributed by atoms with Gasteiger partial charge in [-0.05, 0) is 55.7 Å². The van der Waals surface area contributed by atoms with E-state index >= 15 is 0 Å². The minimum Gasteiger partial charge on any atom is -0.748 e. The minimum atomic E-state index is -4.33. The fraction of sp³-hybridized carbons (Fsp3) is 0.486. The molecule has 0 aromatic heterocycles. The molecule has 0 amide bonds. The number of allylic oxidation sites excluding steroid dienone is 4. The maximum Gasteiger partial charge on any atom is 0.270 e. The highest BCUT2D eigenvalue weighted by molar-refractivity contribution is 7.85. The van der Waals surface area contributed by atoms with Gasteiger partial charge in [-0.25, -0.2) is 8.42 Å². The van der Waals surface area contributed by atoms with Crippen molar-refractivity contribution >= 4 is 44.4 Å². The normalized spacial score (nSPS) is 25.4. The summed E-state index contributed by atoms with van der Waals surface area (Å²) in [6.07, 6.45) is 7.94. The Bertz CT molecular complexity index is 1960. The lowest BCUT2D eigenvalue weighted by molar-refractivity contribution is -0.402. The van der Waals surface area contributed by atoms with Crippen molar-refractivity contribution in [1.82, 2.24) is 0 Å². The maximum absolute atomic E-state index is 11.8. The van der Waals surface area contributed by atoms with Crippen molar-refractivity contribution in [3.05, 3.63) is 91.7 Å². The van der Waals surface area contributed by atoms with Gasteiger partial charge in [-0.3, -0.25) is 25.0 Å². The first-order valence-electron chi connectivity index (χ1n) is 15.8. The summed E-state index contributed by atoms with van der Waals surface area (Å²) in [5.74, 6) is -0.280. The number of carbonyl (C=O) groups excluding carboxylic acids is 1. The molecule has 0 spiro atoms. The van der Waals surface area contributed by atoms with Gasteiger partial charge in [0, 0.05) is 77.7 Å². The van der Waals surface area contributed by atoms with Crippen LogP contribution in [0.3, 0.4) is 0 Å². The molecule has 2 aromatic rings. The van der Waals surface area contributed by atoms with Crippen molar-refractivity contribution in [2.24, 2.45) is 16.7 Å². The second kappa shape index (κ2) is 11.4. The predicted molar refractivity (Wildman–Crippen MR) is 182 cm³/mol. The molecule has 4 aliphatic rings. The molecule has 2 aliphatic heterocycles. The molecule has 2 heterocycles. The summed E-state index contributed by atoms with van der Waals surface area (Å²) >= 11 is 0.